The first kappa shape index (κ1) is 15.1. The van der Waals surface area contributed by atoms with Gasteiger partial charge in [0.25, 0.3) is 0 Å². The molecule has 2 aromatic carbocycles. The summed E-state index contributed by atoms with van der Waals surface area (Å²) in [5.41, 5.74) is 0.552. The predicted octanol–water partition coefficient (Wildman–Crippen LogP) is 5.62. The number of carbonyl (C=O) groups is 1. The van der Waals surface area contributed by atoms with Gasteiger partial charge in [0.15, 0.2) is 5.78 Å². The molecule has 0 fully saturated rings. The average molecular weight is 327 g/mol. The summed E-state index contributed by atoms with van der Waals surface area (Å²) < 4.78 is 12.9. The molecule has 0 amide bonds. The van der Waals surface area contributed by atoms with Crippen LogP contribution in [-0.2, 0) is 0 Å². The lowest BCUT2D eigenvalue weighted by Crippen LogP contribution is -1.92. The third-order valence-corrected chi connectivity index (χ3v) is 4.00. The van der Waals surface area contributed by atoms with Gasteiger partial charge in [-0.1, -0.05) is 35.0 Å². The van der Waals surface area contributed by atoms with Crippen LogP contribution in [0, 0.1) is 5.82 Å². The smallest absolute Gasteiger partial charge is 0.186 e. The predicted molar refractivity (Wildman–Crippen MR) is 82.2 cm³/mol. The second-order valence-electron chi connectivity index (χ2n) is 3.87. The third kappa shape index (κ3) is 4.10. The van der Waals surface area contributed by atoms with Crippen LogP contribution >= 0.6 is 35.0 Å². The molecule has 0 heterocycles. The number of carbonyl (C=O) groups excluding carboxylic acids is 1. The van der Waals surface area contributed by atoms with E-state index in [2.05, 4.69) is 0 Å². The van der Waals surface area contributed by atoms with E-state index in [4.69, 9.17) is 23.2 Å². The number of ketones is 1. The van der Waals surface area contributed by atoms with E-state index in [9.17, 15) is 9.18 Å². The van der Waals surface area contributed by atoms with Crippen LogP contribution in [0.25, 0.3) is 0 Å². The van der Waals surface area contributed by atoms with Crippen molar-refractivity contribution in [1.29, 1.82) is 0 Å². The maximum absolute atomic E-state index is 12.9. The highest BCUT2D eigenvalue weighted by molar-refractivity contribution is 8.02. The Hall–Kier alpha value is -1.29. The molecule has 0 atom stereocenters. The van der Waals surface area contributed by atoms with Crippen LogP contribution < -0.4 is 0 Å². The molecule has 20 heavy (non-hydrogen) atoms. The van der Waals surface area contributed by atoms with Crippen molar-refractivity contribution in [1.82, 2.24) is 0 Å². The normalized spacial score (nSPS) is 10.9. The van der Waals surface area contributed by atoms with Crippen molar-refractivity contribution in [2.45, 2.75) is 4.90 Å². The molecule has 0 spiro atoms. The number of rotatable bonds is 4. The number of benzene rings is 2. The Balaban J connectivity index is 2.02. The highest BCUT2D eigenvalue weighted by Crippen LogP contribution is 2.28. The minimum absolute atomic E-state index is 0.132. The first-order chi connectivity index (χ1) is 9.56. The van der Waals surface area contributed by atoms with Gasteiger partial charge in [0.1, 0.15) is 5.82 Å². The summed E-state index contributed by atoms with van der Waals surface area (Å²) in [5, 5.41) is 2.52. The molecule has 0 radical (unpaired) electrons. The Morgan fingerprint density at radius 1 is 1.10 bits per heavy atom. The molecular formula is C15H9Cl2FOS. The summed E-state index contributed by atoms with van der Waals surface area (Å²) in [6, 6.07) is 10.8. The van der Waals surface area contributed by atoms with Gasteiger partial charge in [-0.05, 0) is 53.9 Å². The minimum atomic E-state index is -0.388. The second kappa shape index (κ2) is 6.93. The summed E-state index contributed by atoms with van der Waals surface area (Å²) in [4.78, 5) is 12.5. The van der Waals surface area contributed by atoms with Crippen molar-refractivity contribution in [3.05, 3.63) is 75.4 Å². The molecular weight excluding hydrogens is 318 g/mol. The molecule has 0 saturated heterocycles. The van der Waals surface area contributed by atoms with Gasteiger partial charge in [0, 0.05) is 15.5 Å². The Bertz CT molecular complexity index is 653. The van der Waals surface area contributed by atoms with Crippen LogP contribution in [0.5, 0.6) is 0 Å². The highest BCUT2D eigenvalue weighted by atomic mass is 35.5. The molecule has 0 aliphatic carbocycles. The van der Waals surface area contributed by atoms with Crippen molar-refractivity contribution in [2.75, 3.05) is 0 Å². The Morgan fingerprint density at radius 3 is 2.45 bits per heavy atom. The number of halogens is 3. The molecule has 1 nitrogen and oxygen atoms in total. The molecule has 5 heteroatoms. The molecule has 0 aliphatic rings. The lowest BCUT2D eigenvalue weighted by atomic mass is 10.1. The van der Waals surface area contributed by atoms with Crippen LogP contribution in [0.15, 0.2) is 58.8 Å². The fourth-order valence-corrected chi connectivity index (χ4v) is 2.53. The fourth-order valence-electron chi connectivity index (χ4n) is 1.45. The van der Waals surface area contributed by atoms with Crippen LogP contribution in [0.2, 0.25) is 10.0 Å². The van der Waals surface area contributed by atoms with Gasteiger partial charge >= 0.3 is 0 Å². The van der Waals surface area contributed by atoms with E-state index in [0.717, 1.165) is 0 Å². The van der Waals surface area contributed by atoms with E-state index in [1.807, 2.05) is 0 Å². The van der Waals surface area contributed by atoms with E-state index < -0.39 is 0 Å². The van der Waals surface area contributed by atoms with Crippen molar-refractivity contribution < 1.29 is 9.18 Å². The van der Waals surface area contributed by atoms with Gasteiger partial charge in [-0.15, -0.1) is 0 Å². The highest BCUT2D eigenvalue weighted by Gasteiger charge is 2.03. The molecule has 0 saturated carbocycles. The lowest BCUT2D eigenvalue weighted by molar-refractivity contribution is 0.104. The number of allylic oxidation sites excluding steroid dienone is 1. The van der Waals surface area contributed by atoms with E-state index in [-0.39, 0.29) is 11.6 Å². The molecule has 0 unspecified atom stereocenters. The zero-order valence-electron chi connectivity index (χ0n) is 10.1. The van der Waals surface area contributed by atoms with Gasteiger partial charge in [-0.3, -0.25) is 4.79 Å². The Morgan fingerprint density at radius 2 is 1.80 bits per heavy atom. The zero-order chi connectivity index (χ0) is 14.5. The van der Waals surface area contributed by atoms with Gasteiger partial charge in [0.2, 0.25) is 0 Å². The monoisotopic (exact) mass is 326 g/mol. The van der Waals surface area contributed by atoms with Gasteiger partial charge in [-0.2, -0.15) is 0 Å². The number of hydrogen-bond donors (Lipinski definition) is 0. The summed E-state index contributed by atoms with van der Waals surface area (Å²) in [6.45, 7) is 0. The molecule has 0 aliphatic heterocycles. The maximum atomic E-state index is 12.9. The van der Waals surface area contributed by atoms with Crippen molar-refractivity contribution in [3.63, 3.8) is 0 Å². The average Bonchev–Trinajstić information content (AvgIpc) is 2.42. The lowest BCUT2D eigenvalue weighted by Gasteiger charge is -2.00. The van der Waals surface area contributed by atoms with Gasteiger partial charge < -0.3 is 0 Å². The third-order valence-electron chi connectivity index (χ3n) is 2.44. The standard InChI is InChI=1S/C15H9Cl2FOS/c16-11-3-1-10(2-4-11)14(19)7-8-20-15-6-5-12(18)9-13(15)17/h1-9H. The first-order valence-corrected chi connectivity index (χ1v) is 7.28. The largest absolute Gasteiger partial charge is 0.289 e. The van der Waals surface area contributed by atoms with Crippen LogP contribution in [-0.4, -0.2) is 5.78 Å². The van der Waals surface area contributed by atoms with E-state index >= 15 is 0 Å². The molecule has 0 aromatic heterocycles. The van der Waals surface area contributed by atoms with Crippen molar-refractivity contribution in [3.8, 4) is 0 Å². The summed E-state index contributed by atoms with van der Waals surface area (Å²) in [7, 11) is 0. The van der Waals surface area contributed by atoms with Gasteiger partial charge in [0.05, 0.1) is 5.02 Å². The van der Waals surface area contributed by atoms with E-state index in [0.29, 0.717) is 20.5 Å². The van der Waals surface area contributed by atoms with Crippen LogP contribution in [0.4, 0.5) is 4.39 Å². The molecule has 102 valence electrons. The van der Waals surface area contributed by atoms with Crippen LogP contribution in [0.3, 0.4) is 0 Å². The summed E-state index contributed by atoms with van der Waals surface area (Å²) in [6.07, 6.45) is 1.44. The molecule has 0 bridgehead atoms. The Kier molecular flexibility index (Phi) is 5.24. The quantitative estimate of drug-likeness (QED) is 0.412. The zero-order valence-corrected chi connectivity index (χ0v) is 12.5. The van der Waals surface area contributed by atoms with Gasteiger partial charge in [-0.25, -0.2) is 4.39 Å². The van der Waals surface area contributed by atoms with E-state index in [1.54, 1.807) is 35.7 Å². The first-order valence-electron chi connectivity index (χ1n) is 5.64. The minimum Gasteiger partial charge on any atom is -0.289 e. The number of thioether (sulfide) groups is 1. The molecule has 2 aromatic rings. The molecule has 0 N–H and O–H groups in total. The van der Waals surface area contributed by atoms with Crippen molar-refractivity contribution >= 4 is 40.7 Å². The Labute approximate surface area is 130 Å². The molecule has 2 rings (SSSR count). The maximum Gasteiger partial charge on any atom is 0.186 e. The van der Waals surface area contributed by atoms with Crippen molar-refractivity contribution in [2.24, 2.45) is 0 Å². The fraction of sp³-hybridized carbons (Fsp3) is 0. The number of hydrogen-bond acceptors (Lipinski definition) is 2. The summed E-state index contributed by atoms with van der Waals surface area (Å²) >= 11 is 12.9. The second-order valence-corrected chi connectivity index (χ2v) is 5.66. The SMILES string of the molecule is O=C(C=CSc1ccc(F)cc1Cl)c1ccc(Cl)cc1. The van der Waals surface area contributed by atoms with Crippen LogP contribution in [0.1, 0.15) is 10.4 Å². The summed E-state index contributed by atoms with van der Waals surface area (Å²) in [5.74, 6) is -0.520. The van der Waals surface area contributed by atoms with E-state index in [1.165, 1.54) is 30.0 Å². The topological polar surface area (TPSA) is 17.1 Å².